The minimum Gasteiger partial charge on any atom is -0.496 e. The van der Waals surface area contributed by atoms with E-state index in [2.05, 4.69) is 5.32 Å². The lowest BCUT2D eigenvalue weighted by Crippen LogP contribution is -2.38. The van der Waals surface area contributed by atoms with E-state index in [1.807, 2.05) is 0 Å². The fourth-order valence-electron chi connectivity index (χ4n) is 2.05. The van der Waals surface area contributed by atoms with Gasteiger partial charge in [-0.15, -0.1) is 0 Å². The van der Waals surface area contributed by atoms with Crippen LogP contribution < -0.4 is 10.1 Å². The Morgan fingerprint density at radius 2 is 2.13 bits per heavy atom. The predicted molar refractivity (Wildman–Crippen MR) is 78.0 cm³/mol. The summed E-state index contributed by atoms with van der Waals surface area (Å²) in [4.78, 5) is 47.6. The number of nitro benzene ring substituents is 1. The zero-order chi connectivity index (χ0) is 17.1. The number of nitro groups is 1. The average Bonchev–Trinajstić information content (AvgIpc) is 2.74. The van der Waals surface area contributed by atoms with Gasteiger partial charge in [-0.05, 0) is 12.1 Å². The summed E-state index contributed by atoms with van der Waals surface area (Å²) in [6, 6.07) is 3.33. The zero-order valence-electron chi connectivity index (χ0n) is 12.4. The third-order valence-electron chi connectivity index (χ3n) is 3.21. The molecular weight excluding hydrogens is 308 g/mol. The number of nitrogens with zero attached hydrogens (tertiary/aromatic N) is 3. The number of amides is 4. The zero-order valence-corrected chi connectivity index (χ0v) is 12.4. The Morgan fingerprint density at radius 1 is 1.43 bits per heavy atom. The molecule has 0 aliphatic carbocycles. The number of nitrogens with one attached hydrogen (secondary N) is 1. The normalized spacial score (nSPS) is 14.2. The van der Waals surface area contributed by atoms with Crippen LogP contribution in [0.2, 0.25) is 0 Å². The van der Waals surface area contributed by atoms with E-state index in [4.69, 9.17) is 4.74 Å². The molecule has 1 fully saturated rings. The Morgan fingerprint density at radius 3 is 2.65 bits per heavy atom. The van der Waals surface area contributed by atoms with Crippen molar-refractivity contribution in [2.75, 3.05) is 32.6 Å². The lowest BCUT2D eigenvalue weighted by atomic mass is 10.2. The molecule has 10 nitrogen and oxygen atoms in total. The van der Waals surface area contributed by atoms with E-state index >= 15 is 0 Å². The number of anilines is 1. The van der Waals surface area contributed by atoms with Gasteiger partial charge in [-0.1, -0.05) is 0 Å². The highest BCUT2D eigenvalue weighted by Crippen LogP contribution is 2.28. The molecule has 0 spiro atoms. The van der Waals surface area contributed by atoms with Gasteiger partial charge in [0.2, 0.25) is 5.91 Å². The first-order valence-electron chi connectivity index (χ1n) is 6.51. The Labute approximate surface area is 130 Å². The fourth-order valence-corrected chi connectivity index (χ4v) is 2.05. The van der Waals surface area contributed by atoms with Gasteiger partial charge in [0.1, 0.15) is 24.5 Å². The number of carbonyl (C=O) groups excluding carboxylic acids is 3. The second-order valence-corrected chi connectivity index (χ2v) is 4.81. The van der Waals surface area contributed by atoms with E-state index in [1.165, 1.54) is 31.2 Å². The van der Waals surface area contributed by atoms with Crippen molar-refractivity contribution in [3.05, 3.63) is 28.3 Å². The molecule has 0 saturated carbocycles. The molecule has 0 bridgehead atoms. The third kappa shape index (κ3) is 3.36. The van der Waals surface area contributed by atoms with Crippen LogP contribution in [0.1, 0.15) is 0 Å². The van der Waals surface area contributed by atoms with Gasteiger partial charge in [-0.2, -0.15) is 0 Å². The maximum Gasteiger partial charge on any atom is 0.327 e. The van der Waals surface area contributed by atoms with Crippen molar-refractivity contribution < 1.29 is 24.0 Å². The number of hydrogen-bond acceptors (Lipinski definition) is 6. The van der Waals surface area contributed by atoms with Crippen LogP contribution in [-0.4, -0.2) is 59.8 Å². The van der Waals surface area contributed by atoms with Crippen molar-refractivity contribution >= 4 is 29.2 Å². The molecule has 1 aliphatic heterocycles. The molecule has 1 aromatic rings. The van der Waals surface area contributed by atoms with E-state index in [9.17, 15) is 24.5 Å². The second-order valence-electron chi connectivity index (χ2n) is 4.81. The largest absolute Gasteiger partial charge is 0.496 e. The number of imide groups is 1. The number of ether oxygens (including phenoxy) is 1. The summed E-state index contributed by atoms with van der Waals surface area (Å²) in [5.41, 5.74) is -0.401. The Kier molecular flexibility index (Phi) is 4.44. The molecule has 1 N–H and O–H groups in total. The van der Waals surface area contributed by atoms with Crippen LogP contribution in [0.25, 0.3) is 0 Å². The Hall–Kier alpha value is -3.17. The summed E-state index contributed by atoms with van der Waals surface area (Å²) < 4.78 is 4.89. The number of carbonyl (C=O) groups is 3. The quantitative estimate of drug-likeness (QED) is 0.477. The predicted octanol–water partition coefficient (Wildman–Crippen LogP) is 0.436. The van der Waals surface area contributed by atoms with Crippen molar-refractivity contribution in [1.82, 2.24) is 9.80 Å². The van der Waals surface area contributed by atoms with Crippen LogP contribution in [0.15, 0.2) is 18.2 Å². The van der Waals surface area contributed by atoms with Crippen molar-refractivity contribution in [3.63, 3.8) is 0 Å². The van der Waals surface area contributed by atoms with Crippen LogP contribution >= 0.6 is 0 Å². The number of rotatable bonds is 5. The summed E-state index contributed by atoms with van der Waals surface area (Å²) in [5.74, 6) is -0.951. The number of benzene rings is 1. The Bertz CT molecular complexity index is 689. The molecule has 1 saturated heterocycles. The van der Waals surface area contributed by atoms with Gasteiger partial charge < -0.3 is 15.0 Å². The van der Waals surface area contributed by atoms with E-state index in [0.717, 1.165) is 11.0 Å². The maximum absolute atomic E-state index is 12.0. The number of methoxy groups -OCH3 is 1. The highest BCUT2D eigenvalue weighted by atomic mass is 16.6. The smallest absolute Gasteiger partial charge is 0.327 e. The van der Waals surface area contributed by atoms with Gasteiger partial charge >= 0.3 is 6.03 Å². The first kappa shape index (κ1) is 16.2. The molecule has 122 valence electrons. The van der Waals surface area contributed by atoms with Crippen molar-refractivity contribution in [2.45, 2.75) is 0 Å². The highest BCUT2D eigenvalue weighted by molar-refractivity contribution is 6.06. The van der Waals surface area contributed by atoms with Gasteiger partial charge in [0.25, 0.3) is 11.6 Å². The van der Waals surface area contributed by atoms with Gasteiger partial charge in [-0.3, -0.25) is 24.6 Å². The first-order chi connectivity index (χ1) is 10.8. The van der Waals surface area contributed by atoms with E-state index < -0.39 is 29.3 Å². The number of hydrogen-bond donors (Lipinski definition) is 1. The maximum atomic E-state index is 12.0. The van der Waals surface area contributed by atoms with Crippen LogP contribution in [0, 0.1) is 10.1 Å². The number of urea groups is 1. The Balaban J connectivity index is 2.13. The van der Waals surface area contributed by atoms with Gasteiger partial charge in [-0.25, -0.2) is 4.79 Å². The van der Waals surface area contributed by atoms with Crippen molar-refractivity contribution in [1.29, 1.82) is 0 Å². The molecule has 0 aromatic heterocycles. The molecule has 10 heteroatoms. The minimum atomic E-state index is -0.713. The standard InChI is InChI=1S/C13H14N4O6/c1-15-7-12(19)16(13(15)20)6-11(18)14-9-4-3-8(23-2)5-10(9)17(21)22/h3-5H,6-7H2,1-2H3,(H,14,18). The molecule has 0 unspecified atom stereocenters. The van der Waals surface area contributed by atoms with Crippen LogP contribution in [0.3, 0.4) is 0 Å². The molecule has 1 heterocycles. The first-order valence-corrected chi connectivity index (χ1v) is 6.51. The molecule has 4 amide bonds. The van der Waals surface area contributed by atoms with Crippen molar-refractivity contribution in [3.8, 4) is 5.75 Å². The summed E-state index contributed by atoms with van der Waals surface area (Å²) in [7, 11) is 2.80. The molecule has 1 aliphatic rings. The molecule has 23 heavy (non-hydrogen) atoms. The SMILES string of the molecule is COc1ccc(NC(=O)CN2C(=O)CN(C)C2=O)c([N+](=O)[O-])c1. The van der Waals surface area contributed by atoms with Gasteiger partial charge in [0, 0.05) is 7.05 Å². The number of likely N-dealkylation sites (N-methyl/N-ethyl adjacent to an activating group) is 1. The summed E-state index contributed by atoms with van der Waals surface area (Å²) >= 11 is 0. The summed E-state index contributed by atoms with van der Waals surface area (Å²) in [6.45, 7) is -0.611. The van der Waals surface area contributed by atoms with Crippen molar-refractivity contribution in [2.24, 2.45) is 0 Å². The van der Waals surface area contributed by atoms with Crippen LogP contribution in [0.5, 0.6) is 5.75 Å². The van der Waals surface area contributed by atoms with Gasteiger partial charge in [0.05, 0.1) is 18.1 Å². The molecule has 0 atom stereocenters. The lowest BCUT2D eigenvalue weighted by molar-refractivity contribution is -0.384. The monoisotopic (exact) mass is 322 g/mol. The van der Waals surface area contributed by atoms with E-state index in [-0.39, 0.29) is 23.7 Å². The molecule has 2 rings (SSSR count). The minimum absolute atomic E-state index is 0.0479. The summed E-state index contributed by atoms with van der Waals surface area (Å²) in [6.07, 6.45) is 0. The molecule has 0 radical (unpaired) electrons. The van der Waals surface area contributed by atoms with Crippen LogP contribution in [-0.2, 0) is 9.59 Å². The average molecular weight is 322 g/mol. The van der Waals surface area contributed by atoms with E-state index in [1.54, 1.807) is 0 Å². The third-order valence-corrected chi connectivity index (χ3v) is 3.21. The summed E-state index contributed by atoms with van der Waals surface area (Å²) in [5, 5.41) is 13.4. The molecular formula is C13H14N4O6. The van der Waals surface area contributed by atoms with Crippen LogP contribution in [0.4, 0.5) is 16.2 Å². The fraction of sp³-hybridized carbons (Fsp3) is 0.308. The van der Waals surface area contributed by atoms with E-state index in [0.29, 0.717) is 0 Å². The second kappa shape index (κ2) is 6.30. The molecule has 1 aromatic carbocycles. The lowest BCUT2D eigenvalue weighted by Gasteiger charge is -2.14. The van der Waals surface area contributed by atoms with Gasteiger partial charge in [0.15, 0.2) is 0 Å². The topological polar surface area (TPSA) is 122 Å². The highest BCUT2D eigenvalue weighted by Gasteiger charge is 2.35.